The lowest BCUT2D eigenvalue weighted by molar-refractivity contribution is -0.119. The molecule has 130 valence electrons. The lowest BCUT2D eigenvalue weighted by Gasteiger charge is -2.16. The third-order valence-electron chi connectivity index (χ3n) is 4.06. The molecule has 0 saturated carbocycles. The van der Waals surface area contributed by atoms with Crippen molar-refractivity contribution in [3.8, 4) is 11.5 Å². The second-order valence-electron chi connectivity index (χ2n) is 6.05. The highest BCUT2D eigenvalue weighted by atomic mass is 16.5. The molecule has 1 atom stereocenters. The van der Waals surface area contributed by atoms with Gasteiger partial charge in [-0.2, -0.15) is 0 Å². The molecule has 0 radical (unpaired) electrons. The Kier molecular flexibility index (Phi) is 6.41. The Bertz CT molecular complexity index is 633. The lowest BCUT2D eigenvalue weighted by atomic mass is 10.0. The highest BCUT2D eigenvalue weighted by molar-refractivity contribution is 5.97. The number of carbonyl (C=O) groups is 2. The van der Waals surface area contributed by atoms with E-state index in [4.69, 9.17) is 9.47 Å². The molecule has 1 N–H and O–H groups in total. The van der Waals surface area contributed by atoms with Gasteiger partial charge in [-0.05, 0) is 44.2 Å². The van der Waals surface area contributed by atoms with Gasteiger partial charge >= 0.3 is 5.97 Å². The zero-order chi connectivity index (χ0) is 17.5. The van der Waals surface area contributed by atoms with Crippen LogP contribution in [0.25, 0.3) is 6.08 Å². The van der Waals surface area contributed by atoms with Gasteiger partial charge in [-0.1, -0.05) is 12.2 Å². The summed E-state index contributed by atoms with van der Waals surface area (Å²) in [6, 6.07) is 3.09. The summed E-state index contributed by atoms with van der Waals surface area (Å²) in [5, 5.41) is 10.2. The first-order valence-corrected chi connectivity index (χ1v) is 8.31. The number of methoxy groups -OCH3 is 1. The van der Waals surface area contributed by atoms with E-state index in [2.05, 4.69) is 0 Å². The number of phenolic OH excluding ortho intramolecular Hbond substituents is 1. The van der Waals surface area contributed by atoms with Crippen molar-refractivity contribution in [2.75, 3.05) is 7.11 Å². The number of ether oxygens (including phenoxy) is 2. The van der Waals surface area contributed by atoms with Gasteiger partial charge in [-0.3, -0.25) is 4.79 Å². The molecule has 0 spiro atoms. The molecule has 1 aromatic rings. The van der Waals surface area contributed by atoms with Gasteiger partial charge in [0.2, 0.25) is 0 Å². The maximum absolute atomic E-state index is 12.4. The Hall–Kier alpha value is -2.30. The molecule has 1 aromatic carbocycles. The van der Waals surface area contributed by atoms with Gasteiger partial charge in [0.15, 0.2) is 0 Å². The molecule has 0 saturated heterocycles. The van der Waals surface area contributed by atoms with Crippen molar-refractivity contribution in [2.45, 2.75) is 51.6 Å². The number of rotatable bonds is 1. The molecule has 5 heteroatoms. The summed E-state index contributed by atoms with van der Waals surface area (Å²) in [6.45, 7) is 1.80. The minimum absolute atomic E-state index is 0.145. The molecule has 0 bridgehead atoms. The van der Waals surface area contributed by atoms with Crippen LogP contribution in [0.5, 0.6) is 11.5 Å². The predicted octanol–water partition coefficient (Wildman–Crippen LogP) is 3.88. The van der Waals surface area contributed by atoms with Crippen LogP contribution in [0.15, 0.2) is 18.2 Å². The van der Waals surface area contributed by atoms with Crippen LogP contribution in [-0.2, 0) is 9.53 Å². The third kappa shape index (κ3) is 4.85. The summed E-state index contributed by atoms with van der Waals surface area (Å²) in [5.74, 6) is -0.00842. The van der Waals surface area contributed by atoms with Crippen LogP contribution in [0.3, 0.4) is 0 Å². The van der Waals surface area contributed by atoms with Crippen LogP contribution in [0.1, 0.15) is 61.4 Å². The summed E-state index contributed by atoms with van der Waals surface area (Å²) >= 11 is 0. The summed E-state index contributed by atoms with van der Waals surface area (Å²) in [4.78, 5) is 24.2. The number of hydrogen-bond donors (Lipinski definition) is 1. The number of ketones is 1. The number of hydrogen-bond acceptors (Lipinski definition) is 5. The third-order valence-corrected chi connectivity index (χ3v) is 4.06. The van der Waals surface area contributed by atoms with Gasteiger partial charge in [0.1, 0.15) is 22.8 Å². The molecule has 0 aliphatic carbocycles. The van der Waals surface area contributed by atoms with Crippen molar-refractivity contribution in [1.82, 2.24) is 0 Å². The van der Waals surface area contributed by atoms with Gasteiger partial charge < -0.3 is 14.6 Å². The van der Waals surface area contributed by atoms with Gasteiger partial charge in [0, 0.05) is 18.9 Å². The van der Waals surface area contributed by atoms with Crippen molar-refractivity contribution in [1.29, 1.82) is 0 Å². The number of allylic oxidation sites excluding steroid dienone is 1. The van der Waals surface area contributed by atoms with E-state index in [0.717, 1.165) is 12.8 Å². The molecule has 1 aliphatic heterocycles. The summed E-state index contributed by atoms with van der Waals surface area (Å²) in [6.07, 6.45) is 7.26. The molecule has 1 heterocycles. The quantitative estimate of drug-likeness (QED) is 0.790. The fourth-order valence-electron chi connectivity index (χ4n) is 2.73. The van der Waals surface area contributed by atoms with Crippen LogP contribution in [0, 0.1) is 0 Å². The Balaban J connectivity index is 2.34. The Morgan fingerprint density at radius 1 is 1.21 bits per heavy atom. The summed E-state index contributed by atoms with van der Waals surface area (Å²) in [7, 11) is 1.50. The molecule has 5 nitrogen and oxygen atoms in total. The summed E-state index contributed by atoms with van der Waals surface area (Å²) < 4.78 is 10.6. The topological polar surface area (TPSA) is 72.8 Å². The van der Waals surface area contributed by atoms with E-state index >= 15 is 0 Å². The number of esters is 1. The van der Waals surface area contributed by atoms with Crippen LogP contribution in [0.4, 0.5) is 0 Å². The molecular weight excluding hydrogens is 308 g/mol. The Morgan fingerprint density at radius 3 is 2.71 bits per heavy atom. The van der Waals surface area contributed by atoms with Crippen LogP contribution in [0.2, 0.25) is 0 Å². The molecule has 0 amide bonds. The Morgan fingerprint density at radius 2 is 1.96 bits per heavy atom. The van der Waals surface area contributed by atoms with Crippen molar-refractivity contribution >= 4 is 17.8 Å². The molecule has 0 aromatic heterocycles. The fraction of sp³-hybridized carbons (Fsp3) is 0.474. The van der Waals surface area contributed by atoms with Gasteiger partial charge in [0.25, 0.3) is 0 Å². The molecule has 0 unspecified atom stereocenters. The molecule has 0 fully saturated rings. The van der Waals surface area contributed by atoms with E-state index in [9.17, 15) is 14.7 Å². The highest BCUT2D eigenvalue weighted by Crippen LogP contribution is 2.30. The zero-order valence-electron chi connectivity index (χ0n) is 14.2. The monoisotopic (exact) mass is 332 g/mol. The number of Topliss-reactive ketones (excluding diaryl/α,β-unsaturated/α-hetero) is 1. The predicted molar refractivity (Wildman–Crippen MR) is 91.3 cm³/mol. The minimum atomic E-state index is -0.564. The van der Waals surface area contributed by atoms with E-state index in [1.165, 1.54) is 13.2 Å². The maximum Gasteiger partial charge on any atom is 0.342 e. The number of aromatic hydroxyl groups is 1. The zero-order valence-corrected chi connectivity index (χ0v) is 14.2. The highest BCUT2D eigenvalue weighted by Gasteiger charge is 2.21. The summed E-state index contributed by atoms with van der Waals surface area (Å²) in [5.41, 5.74) is 0.694. The van der Waals surface area contributed by atoms with E-state index < -0.39 is 5.97 Å². The van der Waals surface area contributed by atoms with Gasteiger partial charge in [0.05, 0.1) is 13.2 Å². The first kappa shape index (κ1) is 18.0. The fourth-order valence-corrected chi connectivity index (χ4v) is 2.73. The SMILES string of the molecule is COc1cc(O)c2c(c1)/C=C/CCCC(=O)CCC[C@H](C)OC2=O. The van der Waals surface area contributed by atoms with Crippen molar-refractivity contribution in [2.24, 2.45) is 0 Å². The van der Waals surface area contributed by atoms with E-state index in [0.29, 0.717) is 37.0 Å². The van der Waals surface area contributed by atoms with Crippen LogP contribution in [-0.4, -0.2) is 30.1 Å². The molecular formula is C19H24O5. The maximum atomic E-state index is 12.4. The second kappa shape index (κ2) is 8.52. The number of cyclic esters (lactones) is 1. The Labute approximate surface area is 142 Å². The number of phenols is 1. The molecule has 1 aliphatic rings. The minimum Gasteiger partial charge on any atom is -0.507 e. The van der Waals surface area contributed by atoms with E-state index in [-0.39, 0.29) is 23.2 Å². The molecule has 2 rings (SSSR count). The first-order valence-electron chi connectivity index (χ1n) is 8.31. The second-order valence-corrected chi connectivity index (χ2v) is 6.05. The average Bonchev–Trinajstić information content (AvgIpc) is 2.53. The van der Waals surface area contributed by atoms with E-state index in [1.807, 2.05) is 6.08 Å². The number of fused-ring (bicyclic) bond motifs is 1. The van der Waals surface area contributed by atoms with Crippen molar-refractivity contribution in [3.63, 3.8) is 0 Å². The number of benzene rings is 1. The standard InChI is InChI=1S/C19H24O5/c1-13-7-6-10-15(20)9-5-3-4-8-14-11-16(23-2)12-17(21)18(14)19(22)24-13/h4,8,11-13,21H,3,5-7,9-10H2,1-2H3/b8-4+/t13-/m0/s1. The number of carbonyl (C=O) groups excluding carboxylic acids is 2. The van der Waals surface area contributed by atoms with Crippen LogP contribution < -0.4 is 4.74 Å². The first-order chi connectivity index (χ1) is 11.5. The van der Waals surface area contributed by atoms with E-state index in [1.54, 1.807) is 19.1 Å². The van der Waals surface area contributed by atoms with Gasteiger partial charge in [-0.15, -0.1) is 0 Å². The van der Waals surface area contributed by atoms with Gasteiger partial charge in [-0.25, -0.2) is 4.79 Å². The smallest absolute Gasteiger partial charge is 0.342 e. The van der Waals surface area contributed by atoms with Crippen molar-refractivity contribution in [3.05, 3.63) is 29.3 Å². The molecule has 24 heavy (non-hydrogen) atoms. The van der Waals surface area contributed by atoms with Crippen molar-refractivity contribution < 1.29 is 24.2 Å². The largest absolute Gasteiger partial charge is 0.507 e. The van der Waals surface area contributed by atoms with Crippen LogP contribution >= 0.6 is 0 Å². The lowest BCUT2D eigenvalue weighted by Crippen LogP contribution is -2.16. The normalized spacial score (nSPS) is 21.3. The average molecular weight is 332 g/mol.